The molecular formula is C13H13BrF3NO3. The number of alkyl halides is 3. The molecule has 1 rings (SSSR count). The van der Waals surface area contributed by atoms with Gasteiger partial charge in [0.05, 0.1) is 11.5 Å². The molecule has 1 aromatic rings. The summed E-state index contributed by atoms with van der Waals surface area (Å²) in [5.41, 5.74) is -1.13. The number of hydrogen-bond donors (Lipinski definition) is 2. The maximum atomic E-state index is 12.7. The fraction of sp³-hybridized carbons (Fsp3) is 0.385. The molecule has 0 bridgehead atoms. The van der Waals surface area contributed by atoms with E-state index < -0.39 is 29.5 Å². The van der Waals surface area contributed by atoms with Crippen LogP contribution in [0.3, 0.4) is 0 Å². The molecule has 0 aromatic heterocycles. The van der Waals surface area contributed by atoms with E-state index in [2.05, 4.69) is 21.2 Å². The highest BCUT2D eigenvalue weighted by Crippen LogP contribution is 2.35. The van der Waals surface area contributed by atoms with Crippen LogP contribution in [0.25, 0.3) is 0 Å². The molecule has 0 aliphatic heterocycles. The van der Waals surface area contributed by atoms with Gasteiger partial charge in [-0.1, -0.05) is 22.9 Å². The minimum absolute atomic E-state index is 0.137. The fourth-order valence-electron chi connectivity index (χ4n) is 1.61. The normalized spacial score (nSPS) is 12.8. The molecule has 0 spiro atoms. The molecule has 1 amide bonds. The summed E-state index contributed by atoms with van der Waals surface area (Å²) in [6.07, 6.45) is -4.27. The van der Waals surface area contributed by atoms with Crippen molar-refractivity contribution in [2.24, 2.45) is 5.92 Å². The Morgan fingerprint density at radius 3 is 2.48 bits per heavy atom. The van der Waals surface area contributed by atoms with E-state index >= 15 is 0 Å². The highest BCUT2D eigenvalue weighted by atomic mass is 79.9. The molecule has 21 heavy (non-hydrogen) atoms. The van der Waals surface area contributed by atoms with E-state index in [4.69, 9.17) is 5.11 Å². The molecule has 0 radical (unpaired) electrons. The Hall–Kier alpha value is -1.57. The Bertz CT molecular complexity index is 546. The van der Waals surface area contributed by atoms with Crippen LogP contribution in [0.15, 0.2) is 22.7 Å². The third kappa shape index (κ3) is 4.73. The Labute approximate surface area is 127 Å². The van der Waals surface area contributed by atoms with Gasteiger partial charge in [0.25, 0.3) is 5.91 Å². The van der Waals surface area contributed by atoms with E-state index in [9.17, 15) is 22.8 Å². The van der Waals surface area contributed by atoms with E-state index in [1.807, 2.05) is 0 Å². The van der Waals surface area contributed by atoms with Crippen LogP contribution in [0.2, 0.25) is 0 Å². The fourth-order valence-corrected chi connectivity index (χ4v) is 2.08. The van der Waals surface area contributed by atoms with E-state index in [-0.39, 0.29) is 16.6 Å². The smallest absolute Gasteiger partial charge is 0.417 e. The van der Waals surface area contributed by atoms with Gasteiger partial charge < -0.3 is 10.4 Å². The average Bonchev–Trinajstić information content (AvgIpc) is 2.37. The molecule has 0 heterocycles. The van der Waals surface area contributed by atoms with Gasteiger partial charge in [-0.3, -0.25) is 9.59 Å². The van der Waals surface area contributed by atoms with E-state index in [1.54, 1.807) is 6.92 Å². The lowest BCUT2D eigenvalue weighted by molar-refractivity contribution is -0.141. The van der Waals surface area contributed by atoms with Crippen LogP contribution >= 0.6 is 15.9 Å². The van der Waals surface area contributed by atoms with Crippen LogP contribution in [-0.4, -0.2) is 23.5 Å². The summed E-state index contributed by atoms with van der Waals surface area (Å²) in [6, 6.07) is 3.09. The number of aliphatic carboxylic acids is 1. The minimum Gasteiger partial charge on any atom is -0.481 e. The van der Waals surface area contributed by atoms with Crippen LogP contribution in [-0.2, 0) is 11.0 Å². The van der Waals surface area contributed by atoms with Crippen LogP contribution in [0.1, 0.15) is 29.3 Å². The van der Waals surface area contributed by atoms with Crippen molar-refractivity contribution in [3.63, 3.8) is 0 Å². The second kappa shape index (κ2) is 6.93. The summed E-state index contributed by atoms with van der Waals surface area (Å²) in [5.74, 6) is -2.58. The SMILES string of the molecule is CCC(CNC(=O)c1ccc(Br)c(C(F)(F)F)c1)C(=O)O. The highest BCUT2D eigenvalue weighted by molar-refractivity contribution is 9.10. The van der Waals surface area contributed by atoms with Crippen molar-refractivity contribution in [2.75, 3.05) is 6.54 Å². The van der Waals surface area contributed by atoms with Gasteiger partial charge in [-0.2, -0.15) is 13.2 Å². The molecule has 4 nitrogen and oxygen atoms in total. The average molecular weight is 368 g/mol. The Balaban J connectivity index is 2.87. The van der Waals surface area contributed by atoms with Crippen molar-refractivity contribution >= 4 is 27.8 Å². The summed E-state index contributed by atoms with van der Waals surface area (Å²) < 4.78 is 38.0. The lowest BCUT2D eigenvalue weighted by Crippen LogP contribution is -2.32. The number of nitrogens with one attached hydrogen (secondary N) is 1. The number of amides is 1. The number of carbonyl (C=O) groups excluding carboxylic acids is 1. The van der Waals surface area contributed by atoms with Gasteiger partial charge in [-0.15, -0.1) is 0 Å². The molecule has 1 atom stereocenters. The number of carboxylic acid groups (broad SMARTS) is 1. The Morgan fingerprint density at radius 1 is 1.38 bits per heavy atom. The summed E-state index contributed by atoms with van der Waals surface area (Å²) >= 11 is 2.78. The number of carboxylic acids is 1. The van der Waals surface area contributed by atoms with Crippen LogP contribution in [0, 0.1) is 5.92 Å². The molecule has 0 aliphatic carbocycles. The predicted octanol–water partition coefficient (Wildman–Crippen LogP) is 3.31. The van der Waals surface area contributed by atoms with E-state index in [1.165, 1.54) is 6.07 Å². The van der Waals surface area contributed by atoms with Crippen LogP contribution in [0.5, 0.6) is 0 Å². The van der Waals surface area contributed by atoms with Gasteiger partial charge in [0, 0.05) is 16.6 Å². The number of benzene rings is 1. The third-order valence-corrected chi connectivity index (χ3v) is 3.58. The largest absolute Gasteiger partial charge is 0.481 e. The Kier molecular flexibility index (Phi) is 5.77. The van der Waals surface area contributed by atoms with Crippen LogP contribution in [0.4, 0.5) is 13.2 Å². The molecule has 0 saturated carbocycles. The van der Waals surface area contributed by atoms with E-state index in [0.717, 1.165) is 12.1 Å². The van der Waals surface area contributed by atoms with Gasteiger partial charge in [-0.05, 0) is 24.6 Å². The summed E-state index contributed by atoms with van der Waals surface area (Å²) in [4.78, 5) is 22.6. The first-order valence-corrected chi connectivity index (χ1v) is 6.83. The monoisotopic (exact) mass is 367 g/mol. The second-order valence-electron chi connectivity index (χ2n) is 4.35. The zero-order chi connectivity index (χ0) is 16.2. The molecule has 1 unspecified atom stereocenters. The topological polar surface area (TPSA) is 66.4 Å². The first-order chi connectivity index (χ1) is 9.66. The van der Waals surface area contributed by atoms with Crippen molar-refractivity contribution in [3.8, 4) is 0 Å². The molecule has 0 fully saturated rings. The lowest BCUT2D eigenvalue weighted by Gasteiger charge is -2.13. The third-order valence-electron chi connectivity index (χ3n) is 2.89. The molecule has 2 N–H and O–H groups in total. The van der Waals surface area contributed by atoms with Gasteiger partial charge in [-0.25, -0.2) is 0 Å². The van der Waals surface area contributed by atoms with Crippen molar-refractivity contribution in [2.45, 2.75) is 19.5 Å². The molecule has 1 aromatic carbocycles. The van der Waals surface area contributed by atoms with Crippen LogP contribution < -0.4 is 5.32 Å². The number of halogens is 4. The summed E-state index contributed by atoms with van der Waals surface area (Å²) in [6.45, 7) is 1.51. The maximum absolute atomic E-state index is 12.7. The van der Waals surface area contributed by atoms with E-state index in [0.29, 0.717) is 6.42 Å². The molecule has 0 aliphatic rings. The lowest BCUT2D eigenvalue weighted by atomic mass is 10.1. The quantitative estimate of drug-likeness (QED) is 0.838. The maximum Gasteiger partial charge on any atom is 0.417 e. The molecular weight excluding hydrogens is 355 g/mol. The van der Waals surface area contributed by atoms with Crippen molar-refractivity contribution < 1.29 is 27.9 Å². The van der Waals surface area contributed by atoms with Crippen molar-refractivity contribution in [1.82, 2.24) is 5.32 Å². The molecule has 0 saturated heterocycles. The number of carbonyl (C=O) groups is 2. The highest BCUT2D eigenvalue weighted by Gasteiger charge is 2.33. The summed E-state index contributed by atoms with van der Waals surface area (Å²) in [5, 5.41) is 11.2. The van der Waals surface area contributed by atoms with Gasteiger partial charge in [0.15, 0.2) is 0 Å². The number of rotatable bonds is 5. The van der Waals surface area contributed by atoms with Crippen molar-refractivity contribution in [1.29, 1.82) is 0 Å². The second-order valence-corrected chi connectivity index (χ2v) is 5.20. The zero-order valence-electron chi connectivity index (χ0n) is 11.0. The summed E-state index contributed by atoms with van der Waals surface area (Å²) in [7, 11) is 0. The first kappa shape index (κ1) is 17.5. The molecule has 116 valence electrons. The number of hydrogen-bond acceptors (Lipinski definition) is 2. The van der Waals surface area contributed by atoms with Gasteiger partial charge in [0.2, 0.25) is 0 Å². The zero-order valence-corrected chi connectivity index (χ0v) is 12.6. The predicted molar refractivity (Wildman–Crippen MR) is 72.9 cm³/mol. The Morgan fingerprint density at radius 2 is 2.00 bits per heavy atom. The molecule has 8 heteroatoms. The minimum atomic E-state index is -4.58. The van der Waals surface area contributed by atoms with Crippen molar-refractivity contribution in [3.05, 3.63) is 33.8 Å². The van der Waals surface area contributed by atoms with Gasteiger partial charge in [0.1, 0.15) is 0 Å². The standard InChI is InChI=1S/C13H13BrF3NO3/c1-2-7(12(20)21)6-18-11(19)8-3-4-10(14)9(5-8)13(15,16)17/h3-5,7H,2,6H2,1H3,(H,18,19)(H,20,21). The van der Waals surface area contributed by atoms with Gasteiger partial charge >= 0.3 is 12.1 Å². The first-order valence-electron chi connectivity index (χ1n) is 6.04.